The summed E-state index contributed by atoms with van der Waals surface area (Å²) in [5, 5.41) is 0. The molecule has 0 unspecified atom stereocenters. The monoisotopic (exact) mass is 324 g/mol. The van der Waals surface area contributed by atoms with Crippen molar-refractivity contribution in [1.29, 1.82) is 0 Å². The van der Waals surface area contributed by atoms with E-state index in [1.54, 1.807) is 0 Å². The fourth-order valence-corrected chi connectivity index (χ4v) is 2.71. The van der Waals surface area contributed by atoms with E-state index in [0.717, 1.165) is 13.1 Å². The third-order valence-corrected chi connectivity index (χ3v) is 4.26. The summed E-state index contributed by atoms with van der Waals surface area (Å²) in [5.41, 5.74) is 2.45. The van der Waals surface area contributed by atoms with E-state index in [9.17, 15) is 4.79 Å². The summed E-state index contributed by atoms with van der Waals surface area (Å²) in [7, 11) is 1.88. The van der Waals surface area contributed by atoms with Crippen LogP contribution in [0.1, 0.15) is 31.4 Å². The third-order valence-electron chi connectivity index (χ3n) is 4.26. The van der Waals surface area contributed by atoms with E-state index in [1.165, 1.54) is 11.1 Å². The Morgan fingerprint density at radius 1 is 0.875 bits per heavy atom. The van der Waals surface area contributed by atoms with E-state index in [0.29, 0.717) is 19.0 Å². The second-order valence-corrected chi connectivity index (χ2v) is 6.54. The maximum Gasteiger partial charge on any atom is 0.223 e. The normalized spacial score (nSPS) is 11.0. The number of nitrogens with zero attached hydrogens (tertiary/aromatic N) is 2. The average molecular weight is 324 g/mol. The smallest absolute Gasteiger partial charge is 0.223 e. The van der Waals surface area contributed by atoms with Crippen molar-refractivity contribution in [2.75, 3.05) is 13.6 Å². The molecule has 0 spiro atoms. The molecule has 0 bridgehead atoms. The van der Waals surface area contributed by atoms with E-state index in [1.807, 2.05) is 36.2 Å². The van der Waals surface area contributed by atoms with E-state index >= 15 is 0 Å². The number of rotatable bonds is 8. The lowest BCUT2D eigenvalue weighted by atomic mass is 10.1. The molecule has 1 amide bonds. The van der Waals surface area contributed by atoms with Crippen LogP contribution in [0.15, 0.2) is 60.7 Å². The first-order chi connectivity index (χ1) is 11.6. The predicted molar refractivity (Wildman–Crippen MR) is 99.5 cm³/mol. The number of amides is 1. The first-order valence-electron chi connectivity index (χ1n) is 8.62. The van der Waals surface area contributed by atoms with Crippen LogP contribution >= 0.6 is 0 Å². The van der Waals surface area contributed by atoms with Gasteiger partial charge in [0.25, 0.3) is 0 Å². The Balaban J connectivity index is 1.85. The zero-order valence-electron chi connectivity index (χ0n) is 15.0. The molecule has 0 radical (unpaired) electrons. The van der Waals surface area contributed by atoms with E-state index in [4.69, 9.17) is 0 Å². The van der Waals surface area contributed by atoms with Gasteiger partial charge >= 0.3 is 0 Å². The molecule has 128 valence electrons. The maximum atomic E-state index is 12.4. The molecular formula is C21H28N2O. The van der Waals surface area contributed by atoms with Crippen molar-refractivity contribution in [2.45, 2.75) is 39.4 Å². The van der Waals surface area contributed by atoms with E-state index in [2.05, 4.69) is 55.1 Å². The Kier molecular flexibility index (Phi) is 7.01. The number of carbonyl (C=O) groups excluding carboxylic acids is 1. The van der Waals surface area contributed by atoms with E-state index in [-0.39, 0.29) is 5.91 Å². The van der Waals surface area contributed by atoms with Gasteiger partial charge < -0.3 is 4.90 Å². The zero-order valence-corrected chi connectivity index (χ0v) is 15.0. The summed E-state index contributed by atoms with van der Waals surface area (Å²) in [6.45, 7) is 6.70. The molecule has 0 saturated heterocycles. The molecule has 0 heterocycles. The van der Waals surface area contributed by atoms with Crippen molar-refractivity contribution in [2.24, 2.45) is 0 Å². The molecule has 0 fully saturated rings. The molecule has 0 aliphatic carbocycles. The first kappa shape index (κ1) is 18.2. The van der Waals surface area contributed by atoms with Crippen LogP contribution in [0.25, 0.3) is 0 Å². The first-order valence-corrected chi connectivity index (χ1v) is 8.62. The number of hydrogen-bond acceptors (Lipinski definition) is 2. The quantitative estimate of drug-likeness (QED) is 0.734. The molecular weight excluding hydrogens is 296 g/mol. The molecule has 3 heteroatoms. The summed E-state index contributed by atoms with van der Waals surface area (Å²) < 4.78 is 0. The Labute approximate surface area is 145 Å². The highest BCUT2D eigenvalue weighted by molar-refractivity contribution is 5.76. The van der Waals surface area contributed by atoms with Crippen LogP contribution in [0.4, 0.5) is 0 Å². The van der Waals surface area contributed by atoms with Crippen LogP contribution in [-0.2, 0) is 17.9 Å². The van der Waals surface area contributed by atoms with Gasteiger partial charge in [-0.2, -0.15) is 0 Å². The summed E-state index contributed by atoms with van der Waals surface area (Å²) in [4.78, 5) is 16.6. The number of carbonyl (C=O) groups is 1. The van der Waals surface area contributed by atoms with Crippen LogP contribution in [0, 0.1) is 0 Å². The van der Waals surface area contributed by atoms with Crippen LogP contribution < -0.4 is 0 Å². The minimum absolute atomic E-state index is 0.192. The largest absolute Gasteiger partial charge is 0.341 e. The molecule has 2 aromatic rings. The van der Waals surface area contributed by atoms with Crippen molar-refractivity contribution in [3.8, 4) is 0 Å². The van der Waals surface area contributed by atoms with Crippen molar-refractivity contribution in [3.63, 3.8) is 0 Å². The minimum atomic E-state index is 0.192. The van der Waals surface area contributed by atoms with Gasteiger partial charge in [-0.25, -0.2) is 0 Å². The number of benzene rings is 2. The second-order valence-electron chi connectivity index (χ2n) is 6.54. The van der Waals surface area contributed by atoms with Crippen molar-refractivity contribution < 1.29 is 4.79 Å². The third kappa shape index (κ3) is 5.82. The molecule has 0 aliphatic rings. The fourth-order valence-electron chi connectivity index (χ4n) is 2.71. The molecule has 0 N–H and O–H groups in total. The molecule has 24 heavy (non-hydrogen) atoms. The molecule has 0 aromatic heterocycles. The average Bonchev–Trinajstić information content (AvgIpc) is 2.59. The zero-order chi connectivity index (χ0) is 17.4. The van der Waals surface area contributed by atoms with Gasteiger partial charge in [0.2, 0.25) is 5.91 Å². The topological polar surface area (TPSA) is 23.6 Å². The molecule has 0 aliphatic heterocycles. The van der Waals surface area contributed by atoms with Gasteiger partial charge in [0, 0.05) is 39.1 Å². The lowest BCUT2D eigenvalue weighted by molar-refractivity contribution is -0.130. The van der Waals surface area contributed by atoms with Gasteiger partial charge in [-0.05, 0) is 25.0 Å². The van der Waals surface area contributed by atoms with Gasteiger partial charge in [-0.1, -0.05) is 60.7 Å². The highest BCUT2D eigenvalue weighted by Gasteiger charge is 2.14. The van der Waals surface area contributed by atoms with Crippen LogP contribution in [0.5, 0.6) is 0 Å². The van der Waals surface area contributed by atoms with E-state index < -0.39 is 0 Å². The Hall–Kier alpha value is -2.13. The van der Waals surface area contributed by atoms with Gasteiger partial charge in [-0.15, -0.1) is 0 Å². The van der Waals surface area contributed by atoms with Crippen molar-refractivity contribution in [3.05, 3.63) is 71.8 Å². The second kappa shape index (κ2) is 9.24. The number of hydrogen-bond donors (Lipinski definition) is 0. The highest BCUT2D eigenvalue weighted by Crippen LogP contribution is 2.10. The van der Waals surface area contributed by atoms with Crippen molar-refractivity contribution >= 4 is 5.91 Å². The summed E-state index contributed by atoms with van der Waals surface area (Å²) in [5.74, 6) is 0.192. The molecule has 2 aromatic carbocycles. The van der Waals surface area contributed by atoms with Gasteiger partial charge in [0.1, 0.15) is 0 Å². The van der Waals surface area contributed by atoms with Crippen LogP contribution in [0.2, 0.25) is 0 Å². The Morgan fingerprint density at radius 2 is 1.38 bits per heavy atom. The summed E-state index contributed by atoms with van der Waals surface area (Å²) in [6.07, 6.45) is 0.550. The van der Waals surface area contributed by atoms with Crippen molar-refractivity contribution in [1.82, 2.24) is 9.80 Å². The predicted octanol–water partition coefficient (Wildman–Crippen LogP) is 3.95. The lowest BCUT2D eigenvalue weighted by Crippen LogP contribution is -2.35. The molecule has 0 atom stereocenters. The Bertz CT molecular complexity index is 610. The summed E-state index contributed by atoms with van der Waals surface area (Å²) >= 11 is 0. The van der Waals surface area contributed by atoms with Gasteiger partial charge in [0.15, 0.2) is 0 Å². The molecule has 3 nitrogen and oxygen atoms in total. The van der Waals surface area contributed by atoms with Crippen LogP contribution in [-0.4, -0.2) is 35.3 Å². The van der Waals surface area contributed by atoms with Gasteiger partial charge in [-0.3, -0.25) is 9.69 Å². The SMILES string of the molecule is CC(C)N(CCC(=O)N(C)Cc1ccccc1)Cc1ccccc1. The standard InChI is InChI=1S/C21H28N2O/c1-18(2)23(17-20-12-8-5-9-13-20)15-14-21(24)22(3)16-19-10-6-4-7-11-19/h4-13,18H,14-17H2,1-3H3. The molecule has 0 saturated carbocycles. The lowest BCUT2D eigenvalue weighted by Gasteiger charge is -2.27. The highest BCUT2D eigenvalue weighted by atomic mass is 16.2. The maximum absolute atomic E-state index is 12.4. The summed E-state index contributed by atoms with van der Waals surface area (Å²) in [6, 6.07) is 21.0. The van der Waals surface area contributed by atoms with Gasteiger partial charge in [0.05, 0.1) is 0 Å². The Morgan fingerprint density at radius 3 is 1.88 bits per heavy atom. The molecule has 2 rings (SSSR count). The minimum Gasteiger partial charge on any atom is -0.341 e. The van der Waals surface area contributed by atoms with Crippen LogP contribution in [0.3, 0.4) is 0 Å². The fraction of sp³-hybridized carbons (Fsp3) is 0.381.